The summed E-state index contributed by atoms with van der Waals surface area (Å²) < 4.78 is 6.11. The summed E-state index contributed by atoms with van der Waals surface area (Å²) in [7, 11) is 0. The minimum Gasteiger partial charge on any atom is -0.387 e. The molecule has 4 heteroatoms. The molecule has 108 valence electrons. The highest BCUT2D eigenvalue weighted by molar-refractivity contribution is 7.09. The minimum absolute atomic E-state index is 0.220. The van der Waals surface area contributed by atoms with Gasteiger partial charge in [-0.2, -0.15) is 0 Å². The molecule has 1 aromatic rings. The Morgan fingerprint density at radius 3 is 2.47 bits per heavy atom. The summed E-state index contributed by atoms with van der Waals surface area (Å²) in [5.41, 5.74) is 0.955. The van der Waals surface area contributed by atoms with Crippen molar-refractivity contribution in [3.63, 3.8) is 0 Å². The summed E-state index contributed by atoms with van der Waals surface area (Å²) >= 11 is 1.63. The van der Waals surface area contributed by atoms with E-state index in [0.29, 0.717) is 12.0 Å². The van der Waals surface area contributed by atoms with Crippen molar-refractivity contribution in [2.24, 2.45) is 5.41 Å². The van der Waals surface area contributed by atoms with Crippen LogP contribution in [-0.4, -0.2) is 16.7 Å². The number of aliphatic hydroxyl groups excluding tert-OH is 1. The van der Waals surface area contributed by atoms with Gasteiger partial charge in [-0.25, -0.2) is 4.98 Å². The van der Waals surface area contributed by atoms with E-state index in [1.54, 1.807) is 18.3 Å². The van der Waals surface area contributed by atoms with E-state index in [-0.39, 0.29) is 5.60 Å². The second-order valence-electron chi connectivity index (χ2n) is 6.35. The van der Waals surface area contributed by atoms with Crippen molar-refractivity contribution in [2.45, 2.75) is 65.1 Å². The molecule has 1 unspecified atom stereocenters. The van der Waals surface area contributed by atoms with Gasteiger partial charge in [0.15, 0.2) is 0 Å². The molecule has 1 N–H and O–H groups in total. The van der Waals surface area contributed by atoms with Crippen LogP contribution < -0.4 is 0 Å². The molecule has 0 aliphatic heterocycles. The second-order valence-corrected chi connectivity index (χ2v) is 7.20. The van der Waals surface area contributed by atoms with Crippen LogP contribution in [0, 0.1) is 5.41 Å². The van der Waals surface area contributed by atoms with Crippen LogP contribution in [0.15, 0.2) is 5.38 Å². The number of hydrogen-bond acceptors (Lipinski definition) is 4. The highest BCUT2D eigenvalue weighted by Crippen LogP contribution is 2.48. The van der Waals surface area contributed by atoms with Gasteiger partial charge < -0.3 is 9.84 Å². The van der Waals surface area contributed by atoms with E-state index in [1.807, 2.05) is 12.3 Å². The normalized spacial score (nSPS) is 23.2. The van der Waals surface area contributed by atoms with Crippen LogP contribution in [0.2, 0.25) is 0 Å². The third-order valence-electron chi connectivity index (χ3n) is 4.17. The summed E-state index contributed by atoms with van der Waals surface area (Å²) in [6.45, 7) is 9.17. The SMILES string of the molecule is CCOC1(c2nc(C(C)O)cs2)CCC(C)(C)CC1. The maximum Gasteiger partial charge on any atom is 0.125 e. The van der Waals surface area contributed by atoms with E-state index >= 15 is 0 Å². The van der Waals surface area contributed by atoms with Gasteiger partial charge in [0.1, 0.15) is 10.6 Å². The van der Waals surface area contributed by atoms with Gasteiger partial charge in [-0.3, -0.25) is 0 Å². The first-order valence-corrected chi connectivity index (χ1v) is 8.04. The lowest BCUT2D eigenvalue weighted by atomic mass is 9.71. The largest absolute Gasteiger partial charge is 0.387 e. The first-order chi connectivity index (χ1) is 8.88. The number of aliphatic hydroxyl groups is 1. The fourth-order valence-corrected chi connectivity index (χ4v) is 3.83. The van der Waals surface area contributed by atoms with Crippen LogP contribution in [0.25, 0.3) is 0 Å². The Morgan fingerprint density at radius 2 is 2.00 bits per heavy atom. The van der Waals surface area contributed by atoms with Crippen LogP contribution in [0.3, 0.4) is 0 Å². The molecule has 1 fully saturated rings. The van der Waals surface area contributed by atoms with Crippen LogP contribution >= 0.6 is 11.3 Å². The summed E-state index contributed by atoms with van der Waals surface area (Å²) in [6.07, 6.45) is 3.89. The average Bonchev–Trinajstić information content (AvgIpc) is 2.83. The molecular formula is C15H25NO2S. The van der Waals surface area contributed by atoms with Gasteiger partial charge in [0.05, 0.1) is 11.8 Å². The monoisotopic (exact) mass is 283 g/mol. The van der Waals surface area contributed by atoms with E-state index < -0.39 is 6.10 Å². The molecule has 1 heterocycles. The van der Waals surface area contributed by atoms with Crippen molar-refractivity contribution in [3.05, 3.63) is 16.1 Å². The van der Waals surface area contributed by atoms with Gasteiger partial charge >= 0.3 is 0 Å². The highest BCUT2D eigenvalue weighted by atomic mass is 32.1. The number of nitrogens with zero attached hydrogens (tertiary/aromatic N) is 1. The van der Waals surface area contributed by atoms with Gasteiger partial charge in [-0.05, 0) is 44.9 Å². The second kappa shape index (κ2) is 5.51. The molecule has 1 aliphatic carbocycles. The van der Waals surface area contributed by atoms with Crippen molar-refractivity contribution in [1.82, 2.24) is 4.98 Å². The Labute approximate surface area is 120 Å². The fourth-order valence-electron chi connectivity index (χ4n) is 2.71. The molecular weight excluding hydrogens is 258 g/mol. The Bertz CT molecular complexity index is 416. The van der Waals surface area contributed by atoms with Gasteiger partial charge in [0.25, 0.3) is 0 Å². The molecule has 1 atom stereocenters. The molecule has 0 bridgehead atoms. The number of aromatic nitrogens is 1. The Hall–Kier alpha value is -0.450. The Balaban J connectivity index is 2.24. The maximum absolute atomic E-state index is 9.64. The topological polar surface area (TPSA) is 42.4 Å². The van der Waals surface area contributed by atoms with Gasteiger partial charge in [-0.15, -0.1) is 11.3 Å². The smallest absolute Gasteiger partial charge is 0.125 e. The van der Waals surface area contributed by atoms with E-state index in [1.165, 1.54) is 0 Å². The predicted molar refractivity (Wildman–Crippen MR) is 78.3 cm³/mol. The lowest BCUT2D eigenvalue weighted by molar-refractivity contribution is -0.0892. The molecule has 0 saturated heterocycles. The van der Waals surface area contributed by atoms with Crippen LogP contribution in [0.4, 0.5) is 0 Å². The average molecular weight is 283 g/mol. The predicted octanol–water partition coefficient (Wildman–Crippen LogP) is 4.03. The number of ether oxygens (including phenoxy) is 1. The first-order valence-electron chi connectivity index (χ1n) is 7.16. The molecule has 0 aromatic carbocycles. The lowest BCUT2D eigenvalue weighted by Crippen LogP contribution is -2.37. The zero-order chi connectivity index (χ0) is 14.1. The number of thiazole rings is 1. The molecule has 19 heavy (non-hydrogen) atoms. The van der Waals surface area contributed by atoms with Crippen molar-refractivity contribution in [3.8, 4) is 0 Å². The molecule has 1 aliphatic rings. The maximum atomic E-state index is 9.64. The molecule has 1 saturated carbocycles. The van der Waals surface area contributed by atoms with E-state index in [0.717, 1.165) is 36.4 Å². The molecule has 1 aromatic heterocycles. The van der Waals surface area contributed by atoms with Crippen LogP contribution in [-0.2, 0) is 10.3 Å². The molecule has 2 rings (SSSR count). The first kappa shape index (κ1) is 14.9. The molecule has 3 nitrogen and oxygen atoms in total. The third kappa shape index (κ3) is 3.18. The summed E-state index contributed by atoms with van der Waals surface area (Å²) in [5.74, 6) is 0. The molecule has 0 spiro atoms. The quantitative estimate of drug-likeness (QED) is 0.907. The van der Waals surface area contributed by atoms with E-state index in [9.17, 15) is 5.11 Å². The van der Waals surface area contributed by atoms with Crippen LogP contribution in [0.1, 0.15) is 70.2 Å². The van der Waals surface area contributed by atoms with Gasteiger partial charge in [-0.1, -0.05) is 13.8 Å². The minimum atomic E-state index is -0.497. The van der Waals surface area contributed by atoms with Crippen molar-refractivity contribution in [2.75, 3.05) is 6.61 Å². The Morgan fingerprint density at radius 1 is 1.37 bits per heavy atom. The summed E-state index contributed by atoms with van der Waals surface area (Å²) in [4.78, 5) is 4.62. The summed E-state index contributed by atoms with van der Waals surface area (Å²) in [6, 6.07) is 0. The van der Waals surface area contributed by atoms with Crippen molar-refractivity contribution < 1.29 is 9.84 Å². The zero-order valence-corrected chi connectivity index (χ0v) is 13.2. The number of hydrogen-bond donors (Lipinski definition) is 1. The van der Waals surface area contributed by atoms with Crippen molar-refractivity contribution in [1.29, 1.82) is 0 Å². The van der Waals surface area contributed by atoms with Gasteiger partial charge in [0.2, 0.25) is 0 Å². The highest BCUT2D eigenvalue weighted by Gasteiger charge is 2.42. The standard InChI is InChI=1S/C15H25NO2S/c1-5-18-15(8-6-14(3,4)7-9-15)13-16-12(10-19-13)11(2)17/h10-11,17H,5-9H2,1-4H3. The van der Waals surface area contributed by atoms with E-state index in [2.05, 4.69) is 18.8 Å². The lowest BCUT2D eigenvalue weighted by Gasteiger charge is -2.42. The number of rotatable bonds is 4. The van der Waals surface area contributed by atoms with Crippen LogP contribution in [0.5, 0.6) is 0 Å². The van der Waals surface area contributed by atoms with Crippen molar-refractivity contribution >= 4 is 11.3 Å². The Kier molecular flexibility index (Phi) is 4.33. The van der Waals surface area contributed by atoms with E-state index in [4.69, 9.17) is 4.74 Å². The third-order valence-corrected chi connectivity index (χ3v) is 5.22. The zero-order valence-electron chi connectivity index (χ0n) is 12.4. The summed E-state index contributed by atoms with van der Waals surface area (Å²) in [5, 5.41) is 12.6. The fraction of sp³-hybridized carbons (Fsp3) is 0.800. The van der Waals surface area contributed by atoms with Gasteiger partial charge in [0, 0.05) is 12.0 Å². The molecule has 0 amide bonds. The molecule has 0 radical (unpaired) electrons.